The van der Waals surface area contributed by atoms with Gasteiger partial charge in [-0.2, -0.15) is 5.10 Å². The van der Waals surface area contributed by atoms with Crippen molar-refractivity contribution in [3.63, 3.8) is 0 Å². The molecule has 0 radical (unpaired) electrons. The molecule has 0 bridgehead atoms. The Hall–Kier alpha value is -2.43. The topological polar surface area (TPSA) is 46.8 Å². The van der Waals surface area contributed by atoms with E-state index in [0.29, 0.717) is 0 Å². The fraction of sp³-hybridized carbons (Fsp3) is 0.312. The molecule has 1 saturated heterocycles. The third-order valence-corrected chi connectivity index (χ3v) is 4.07. The van der Waals surface area contributed by atoms with Crippen LogP contribution in [0.15, 0.2) is 42.9 Å². The molecule has 4 rings (SSSR count). The van der Waals surface area contributed by atoms with Crippen LogP contribution < -0.4 is 4.90 Å². The van der Waals surface area contributed by atoms with Gasteiger partial charge in [0, 0.05) is 13.1 Å². The fourth-order valence-corrected chi connectivity index (χ4v) is 2.97. The summed E-state index contributed by atoms with van der Waals surface area (Å²) in [6, 6.07) is 10.1. The highest BCUT2D eigenvalue weighted by molar-refractivity contribution is 5.87. The van der Waals surface area contributed by atoms with Gasteiger partial charge >= 0.3 is 0 Å². The zero-order chi connectivity index (χ0) is 14.2. The summed E-state index contributed by atoms with van der Waals surface area (Å²) in [6.07, 6.45) is 4.74. The van der Waals surface area contributed by atoms with E-state index in [-0.39, 0.29) is 0 Å². The zero-order valence-corrected chi connectivity index (χ0v) is 12.0. The van der Waals surface area contributed by atoms with Crippen LogP contribution in [0.3, 0.4) is 0 Å². The highest BCUT2D eigenvalue weighted by Gasteiger charge is 2.23. The molecule has 1 unspecified atom stereocenters. The van der Waals surface area contributed by atoms with Crippen molar-refractivity contribution in [1.82, 2.24) is 19.7 Å². The summed E-state index contributed by atoms with van der Waals surface area (Å²) in [5.41, 5.74) is 1.89. The molecule has 1 atom stereocenters. The highest BCUT2D eigenvalue weighted by atomic mass is 15.3. The Morgan fingerprint density at radius 1 is 1.14 bits per heavy atom. The number of nitrogens with zero attached hydrogens (tertiary/aromatic N) is 5. The molecule has 1 fully saturated rings. The van der Waals surface area contributed by atoms with Gasteiger partial charge in [-0.25, -0.2) is 14.6 Å². The summed E-state index contributed by atoms with van der Waals surface area (Å²) >= 11 is 0. The lowest BCUT2D eigenvalue weighted by Gasteiger charge is -2.17. The van der Waals surface area contributed by atoms with E-state index in [2.05, 4.69) is 26.9 Å². The number of hydrogen-bond acceptors (Lipinski definition) is 4. The van der Waals surface area contributed by atoms with Crippen LogP contribution in [0.25, 0.3) is 16.7 Å². The molecule has 1 aliphatic heterocycles. The first-order valence-corrected chi connectivity index (χ1v) is 7.32. The van der Waals surface area contributed by atoms with Gasteiger partial charge < -0.3 is 4.90 Å². The Balaban J connectivity index is 1.83. The lowest BCUT2D eigenvalue weighted by atomic mass is 10.2. The predicted octanol–water partition coefficient (Wildman–Crippen LogP) is 2.66. The Morgan fingerprint density at radius 2 is 2.00 bits per heavy atom. The number of anilines is 1. The van der Waals surface area contributed by atoms with Gasteiger partial charge in [-0.1, -0.05) is 25.1 Å². The van der Waals surface area contributed by atoms with Gasteiger partial charge in [-0.3, -0.25) is 0 Å². The Bertz CT molecular complexity index is 765. The number of aromatic nitrogens is 4. The van der Waals surface area contributed by atoms with Gasteiger partial charge in [0.15, 0.2) is 5.65 Å². The lowest BCUT2D eigenvalue weighted by Crippen LogP contribution is -2.20. The molecule has 0 N–H and O–H groups in total. The summed E-state index contributed by atoms with van der Waals surface area (Å²) in [5, 5.41) is 5.53. The third kappa shape index (κ3) is 2.05. The second-order valence-electron chi connectivity index (χ2n) is 5.67. The first kappa shape index (κ1) is 12.3. The molecule has 106 valence electrons. The molecule has 5 nitrogen and oxygen atoms in total. The smallest absolute Gasteiger partial charge is 0.168 e. The van der Waals surface area contributed by atoms with E-state index in [1.165, 1.54) is 6.42 Å². The van der Waals surface area contributed by atoms with Crippen LogP contribution in [-0.2, 0) is 0 Å². The average Bonchev–Trinajstić information content (AvgIpc) is 3.14. The summed E-state index contributed by atoms with van der Waals surface area (Å²) in [5.74, 6) is 1.73. The lowest BCUT2D eigenvalue weighted by molar-refractivity contribution is 0.659. The van der Waals surface area contributed by atoms with Gasteiger partial charge in [0.05, 0.1) is 17.3 Å². The van der Waals surface area contributed by atoms with E-state index in [9.17, 15) is 0 Å². The van der Waals surface area contributed by atoms with Gasteiger partial charge in [0.1, 0.15) is 12.1 Å². The summed E-state index contributed by atoms with van der Waals surface area (Å²) in [4.78, 5) is 11.3. The van der Waals surface area contributed by atoms with Gasteiger partial charge in [-0.15, -0.1) is 0 Å². The number of rotatable bonds is 2. The normalized spacial score (nSPS) is 18.5. The van der Waals surface area contributed by atoms with E-state index in [4.69, 9.17) is 0 Å². The van der Waals surface area contributed by atoms with Crippen molar-refractivity contribution in [2.45, 2.75) is 13.3 Å². The second-order valence-corrected chi connectivity index (χ2v) is 5.67. The average molecular weight is 279 g/mol. The largest absolute Gasteiger partial charge is 0.356 e. The molecule has 3 heterocycles. The maximum absolute atomic E-state index is 4.50. The van der Waals surface area contributed by atoms with E-state index in [1.807, 2.05) is 41.2 Å². The highest BCUT2D eigenvalue weighted by Crippen LogP contribution is 2.28. The second kappa shape index (κ2) is 4.84. The zero-order valence-electron chi connectivity index (χ0n) is 12.0. The summed E-state index contributed by atoms with van der Waals surface area (Å²) < 4.78 is 1.88. The third-order valence-electron chi connectivity index (χ3n) is 4.07. The Kier molecular flexibility index (Phi) is 2.84. The first-order chi connectivity index (χ1) is 10.3. The molecular weight excluding hydrogens is 262 g/mol. The van der Waals surface area contributed by atoms with Crippen LogP contribution in [0, 0.1) is 5.92 Å². The van der Waals surface area contributed by atoms with E-state index < -0.39 is 0 Å². The minimum Gasteiger partial charge on any atom is -0.356 e. The van der Waals surface area contributed by atoms with Gasteiger partial charge in [0.2, 0.25) is 0 Å². The van der Waals surface area contributed by atoms with Crippen LogP contribution in [0.4, 0.5) is 5.82 Å². The SMILES string of the molecule is CC1CCN(c2ncnc3c2cnn3-c2ccccc2)C1. The van der Waals surface area contributed by atoms with Crippen molar-refractivity contribution >= 4 is 16.9 Å². The van der Waals surface area contributed by atoms with E-state index in [1.54, 1.807) is 6.33 Å². The molecule has 0 saturated carbocycles. The van der Waals surface area contributed by atoms with Crippen molar-refractivity contribution in [3.8, 4) is 5.69 Å². The van der Waals surface area contributed by atoms with E-state index >= 15 is 0 Å². The Morgan fingerprint density at radius 3 is 2.76 bits per heavy atom. The van der Waals surface area contributed by atoms with Crippen LogP contribution >= 0.6 is 0 Å². The molecule has 0 aliphatic carbocycles. The van der Waals surface area contributed by atoms with Crippen molar-refractivity contribution in [2.75, 3.05) is 18.0 Å². The maximum Gasteiger partial charge on any atom is 0.168 e. The van der Waals surface area contributed by atoms with Crippen molar-refractivity contribution < 1.29 is 0 Å². The first-order valence-electron chi connectivity index (χ1n) is 7.32. The van der Waals surface area contributed by atoms with Gasteiger partial charge in [0.25, 0.3) is 0 Å². The molecule has 21 heavy (non-hydrogen) atoms. The van der Waals surface area contributed by atoms with Crippen molar-refractivity contribution in [2.24, 2.45) is 5.92 Å². The van der Waals surface area contributed by atoms with Crippen LogP contribution in [0.2, 0.25) is 0 Å². The fourth-order valence-electron chi connectivity index (χ4n) is 2.97. The summed E-state index contributed by atoms with van der Waals surface area (Å²) in [6.45, 7) is 4.40. The number of para-hydroxylation sites is 1. The predicted molar refractivity (Wildman–Crippen MR) is 82.7 cm³/mol. The summed E-state index contributed by atoms with van der Waals surface area (Å²) in [7, 11) is 0. The standard InChI is InChI=1S/C16H17N5/c1-12-7-8-20(10-12)15-14-9-19-21(16(14)18-11-17-15)13-5-3-2-4-6-13/h2-6,9,11-12H,7-8,10H2,1H3. The molecule has 2 aromatic heterocycles. The van der Waals surface area contributed by atoms with Crippen molar-refractivity contribution in [1.29, 1.82) is 0 Å². The Labute approximate surface area is 123 Å². The molecule has 5 heteroatoms. The van der Waals surface area contributed by atoms with E-state index in [0.717, 1.165) is 41.5 Å². The van der Waals surface area contributed by atoms with Crippen molar-refractivity contribution in [3.05, 3.63) is 42.9 Å². The number of fused-ring (bicyclic) bond motifs is 1. The quantitative estimate of drug-likeness (QED) is 0.723. The maximum atomic E-state index is 4.50. The minimum atomic E-state index is 0.721. The molecule has 0 spiro atoms. The number of hydrogen-bond donors (Lipinski definition) is 0. The van der Waals surface area contributed by atoms with Crippen LogP contribution in [-0.4, -0.2) is 32.8 Å². The molecule has 1 aromatic carbocycles. The molecular formula is C16H17N5. The number of benzene rings is 1. The van der Waals surface area contributed by atoms with Gasteiger partial charge in [-0.05, 0) is 24.5 Å². The molecule has 3 aromatic rings. The molecule has 1 aliphatic rings. The molecule has 0 amide bonds. The monoisotopic (exact) mass is 279 g/mol. The van der Waals surface area contributed by atoms with Crippen LogP contribution in [0.1, 0.15) is 13.3 Å². The minimum absolute atomic E-state index is 0.721. The van der Waals surface area contributed by atoms with Crippen LogP contribution in [0.5, 0.6) is 0 Å².